The second-order valence-electron chi connectivity index (χ2n) is 9.06. The highest BCUT2D eigenvalue weighted by Crippen LogP contribution is 2.27. The average molecular weight is 506 g/mol. The maximum atomic E-state index is 13.4. The molecular formula is C27H35N7O3. The zero-order chi connectivity index (χ0) is 26.9. The molecule has 0 aliphatic carbocycles. The van der Waals surface area contributed by atoms with Crippen LogP contribution in [0.25, 0.3) is 11.3 Å². The van der Waals surface area contributed by atoms with Gasteiger partial charge in [-0.05, 0) is 38.0 Å². The van der Waals surface area contributed by atoms with Crippen molar-refractivity contribution in [3.05, 3.63) is 70.1 Å². The van der Waals surface area contributed by atoms with Gasteiger partial charge < -0.3 is 26.8 Å². The van der Waals surface area contributed by atoms with Crippen molar-refractivity contribution in [3.8, 4) is 17.0 Å². The molecule has 0 unspecified atom stereocenters. The lowest BCUT2D eigenvalue weighted by molar-refractivity contribution is -0.121. The quantitative estimate of drug-likeness (QED) is 0.109. The molecule has 0 bridgehead atoms. The number of nitrogens with zero attached hydrogens (tertiary/aromatic N) is 2. The molecule has 0 aliphatic rings. The summed E-state index contributed by atoms with van der Waals surface area (Å²) in [5.74, 6) is 0.385. The lowest BCUT2D eigenvalue weighted by Crippen LogP contribution is -2.35. The Morgan fingerprint density at radius 1 is 1.19 bits per heavy atom. The molecule has 0 saturated heterocycles. The Kier molecular flexibility index (Phi) is 9.26. The van der Waals surface area contributed by atoms with Crippen LogP contribution in [0, 0.1) is 5.41 Å². The summed E-state index contributed by atoms with van der Waals surface area (Å²) in [6.07, 6.45) is 3.47. The zero-order valence-corrected chi connectivity index (χ0v) is 21.5. The molecule has 1 amide bonds. The van der Waals surface area contributed by atoms with Crippen molar-refractivity contribution in [2.75, 3.05) is 17.7 Å². The molecule has 196 valence electrons. The Bertz CT molecular complexity index is 1300. The minimum Gasteiger partial charge on any atom is -0.493 e. The highest BCUT2D eigenvalue weighted by atomic mass is 16.5. The van der Waals surface area contributed by atoms with Crippen LogP contribution in [0.4, 0.5) is 11.5 Å². The molecule has 2 aromatic carbocycles. The zero-order valence-electron chi connectivity index (χ0n) is 21.5. The van der Waals surface area contributed by atoms with Crippen LogP contribution in [-0.2, 0) is 17.9 Å². The Balaban J connectivity index is 1.89. The van der Waals surface area contributed by atoms with E-state index in [1.54, 1.807) is 48.7 Å². The second-order valence-corrected chi connectivity index (χ2v) is 9.06. The summed E-state index contributed by atoms with van der Waals surface area (Å²) in [5.41, 5.74) is 14.2. The van der Waals surface area contributed by atoms with E-state index in [0.29, 0.717) is 34.9 Å². The molecule has 0 saturated carbocycles. The van der Waals surface area contributed by atoms with E-state index in [2.05, 4.69) is 22.5 Å². The third-order valence-electron chi connectivity index (χ3n) is 5.53. The lowest BCUT2D eigenvalue weighted by Gasteiger charge is -2.17. The predicted molar refractivity (Wildman–Crippen MR) is 147 cm³/mol. The Hall–Kier alpha value is -4.34. The molecule has 10 nitrogen and oxygen atoms in total. The van der Waals surface area contributed by atoms with Gasteiger partial charge in [0, 0.05) is 35.5 Å². The molecular weight excluding hydrogens is 470 g/mol. The summed E-state index contributed by atoms with van der Waals surface area (Å²) in [5, 5.41) is 13.4. The van der Waals surface area contributed by atoms with Gasteiger partial charge in [-0.3, -0.25) is 19.6 Å². The van der Waals surface area contributed by atoms with E-state index in [4.69, 9.17) is 21.6 Å². The van der Waals surface area contributed by atoms with Crippen molar-refractivity contribution in [3.63, 3.8) is 0 Å². The van der Waals surface area contributed by atoms with E-state index in [1.807, 2.05) is 13.8 Å². The van der Waals surface area contributed by atoms with Crippen LogP contribution >= 0.6 is 0 Å². The average Bonchev–Trinajstić information content (AvgIpc) is 2.85. The number of nitrogens with one attached hydrogen (secondary N) is 3. The first-order chi connectivity index (χ1) is 17.7. The minimum absolute atomic E-state index is 0.0164. The number of rotatable bonds is 12. The van der Waals surface area contributed by atoms with Crippen LogP contribution in [0.2, 0.25) is 0 Å². The summed E-state index contributed by atoms with van der Waals surface area (Å²) >= 11 is 0. The molecule has 7 N–H and O–H groups in total. The van der Waals surface area contributed by atoms with Crippen LogP contribution in [0.5, 0.6) is 5.75 Å². The number of hydrogen-bond acceptors (Lipinski definition) is 7. The van der Waals surface area contributed by atoms with Gasteiger partial charge in [0.1, 0.15) is 18.1 Å². The van der Waals surface area contributed by atoms with E-state index in [-0.39, 0.29) is 36.7 Å². The van der Waals surface area contributed by atoms with Crippen molar-refractivity contribution in [2.24, 2.45) is 5.73 Å². The van der Waals surface area contributed by atoms with E-state index < -0.39 is 5.56 Å². The van der Waals surface area contributed by atoms with E-state index >= 15 is 0 Å². The van der Waals surface area contributed by atoms with E-state index in [1.165, 1.54) is 4.57 Å². The molecule has 0 fully saturated rings. The SMILES string of the molecule is CCCCOc1cc(N)cc(-c2cnc(NC(C)C)c(=O)n2CC(=O)NCc2ccc(C(=N)N)cc2)c1. The summed E-state index contributed by atoms with van der Waals surface area (Å²) in [7, 11) is 0. The Morgan fingerprint density at radius 3 is 2.57 bits per heavy atom. The Morgan fingerprint density at radius 2 is 1.92 bits per heavy atom. The number of aromatic nitrogens is 2. The standard InChI is InChI=1S/C27H35N7O3/c1-4-5-10-37-22-12-20(11-21(28)13-22)23-15-32-26(33-17(2)3)27(36)34(23)16-24(35)31-14-18-6-8-19(9-7-18)25(29)30/h6-9,11-13,15,17H,4-5,10,14,16,28H2,1-3H3,(H3,29,30)(H,31,35)(H,32,33). The number of carbonyl (C=O) groups excluding carboxylic acids is 1. The number of amidine groups is 1. The van der Waals surface area contributed by atoms with Gasteiger partial charge in [0.25, 0.3) is 5.56 Å². The summed E-state index contributed by atoms with van der Waals surface area (Å²) in [4.78, 5) is 30.6. The fraction of sp³-hybridized carbons (Fsp3) is 0.333. The van der Waals surface area contributed by atoms with Gasteiger partial charge in [0.2, 0.25) is 5.91 Å². The Labute approximate surface area is 216 Å². The normalized spacial score (nSPS) is 10.8. The lowest BCUT2D eigenvalue weighted by atomic mass is 10.1. The number of amides is 1. The van der Waals surface area contributed by atoms with Gasteiger partial charge in [-0.1, -0.05) is 37.6 Å². The first kappa shape index (κ1) is 27.3. The first-order valence-electron chi connectivity index (χ1n) is 12.3. The fourth-order valence-corrected chi connectivity index (χ4v) is 3.64. The van der Waals surface area contributed by atoms with Crippen LogP contribution in [0.15, 0.2) is 53.5 Å². The summed E-state index contributed by atoms with van der Waals surface area (Å²) < 4.78 is 7.21. The van der Waals surface area contributed by atoms with Crippen LogP contribution < -0.4 is 32.4 Å². The van der Waals surface area contributed by atoms with Gasteiger partial charge in [-0.2, -0.15) is 0 Å². The molecule has 0 spiro atoms. The van der Waals surface area contributed by atoms with Gasteiger partial charge >= 0.3 is 0 Å². The number of nitrogen functional groups attached to an aromatic ring is 2. The van der Waals surface area contributed by atoms with Crippen LogP contribution in [0.3, 0.4) is 0 Å². The van der Waals surface area contributed by atoms with Crippen LogP contribution in [-0.4, -0.2) is 33.9 Å². The number of benzene rings is 2. The number of unbranched alkanes of at least 4 members (excludes halogenated alkanes) is 1. The number of hydrogen-bond donors (Lipinski definition) is 5. The second kappa shape index (κ2) is 12.6. The van der Waals surface area contributed by atoms with E-state index in [9.17, 15) is 9.59 Å². The highest BCUT2D eigenvalue weighted by Gasteiger charge is 2.17. The maximum absolute atomic E-state index is 13.4. The third-order valence-corrected chi connectivity index (χ3v) is 5.53. The van der Waals surface area contributed by atoms with E-state index in [0.717, 1.165) is 18.4 Å². The molecule has 0 aliphatic heterocycles. The fourth-order valence-electron chi connectivity index (χ4n) is 3.64. The minimum atomic E-state index is -0.414. The first-order valence-corrected chi connectivity index (χ1v) is 12.3. The van der Waals surface area contributed by atoms with Gasteiger partial charge in [-0.15, -0.1) is 0 Å². The molecule has 10 heteroatoms. The molecule has 37 heavy (non-hydrogen) atoms. The van der Waals surface area contributed by atoms with Gasteiger partial charge in [-0.25, -0.2) is 4.98 Å². The number of carbonyl (C=O) groups is 1. The monoisotopic (exact) mass is 505 g/mol. The van der Waals surface area contributed by atoms with Crippen molar-refractivity contribution in [1.29, 1.82) is 5.41 Å². The summed E-state index contributed by atoms with van der Waals surface area (Å²) in [6.45, 7) is 6.49. The van der Waals surface area contributed by atoms with Crippen LogP contribution in [0.1, 0.15) is 44.7 Å². The largest absolute Gasteiger partial charge is 0.493 e. The number of anilines is 2. The highest BCUT2D eigenvalue weighted by molar-refractivity contribution is 5.94. The molecule has 3 rings (SSSR count). The molecule has 1 heterocycles. The molecule has 1 aromatic heterocycles. The van der Waals surface area contributed by atoms with Gasteiger partial charge in [0.05, 0.1) is 18.5 Å². The molecule has 0 radical (unpaired) electrons. The van der Waals surface area contributed by atoms with Gasteiger partial charge in [0.15, 0.2) is 5.82 Å². The van der Waals surface area contributed by atoms with Crippen molar-refractivity contribution >= 4 is 23.2 Å². The summed E-state index contributed by atoms with van der Waals surface area (Å²) in [6, 6.07) is 12.3. The topological polar surface area (TPSA) is 161 Å². The number of nitrogens with two attached hydrogens (primary N) is 2. The number of ether oxygens (including phenoxy) is 1. The maximum Gasteiger partial charge on any atom is 0.294 e. The predicted octanol–water partition coefficient (Wildman–Crippen LogP) is 3.09. The molecule has 0 atom stereocenters. The molecule has 3 aromatic rings. The van der Waals surface area contributed by atoms with Crippen molar-refractivity contribution in [2.45, 2.75) is 52.7 Å². The smallest absolute Gasteiger partial charge is 0.294 e. The van der Waals surface area contributed by atoms with Crippen molar-refractivity contribution < 1.29 is 9.53 Å². The van der Waals surface area contributed by atoms with Crippen molar-refractivity contribution in [1.82, 2.24) is 14.9 Å². The third kappa shape index (κ3) is 7.57.